The first-order valence-electron chi connectivity index (χ1n) is 10.5. The van der Waals surface area contributed by atoms with Crippen LogP contribution in [0, 0.1) is 5.82 Å². The summed E-state index contributed by atoms with van der Waals surface area (Å²) in [5, 5.41) is 7.37. The maximum Gasteiger partial charge on any atom is 0.257 e. The summed E-state index contributed by atoms with van der Waals surface area (Å²) in [6.07, 6.45) is 6.69. The summed E-state index contributed by atoms with van der Waals surface area (Å²) < 4.78 is 27.8. The molecular weight excluding hydrogens is 403 g/mol. The Morgan fingerprint density at radius 3 is 3.10 bits per heavy atom. The lowest BCUT2D eigenvalue weighted by molar-refractivity contribution is 0.0891. The Morgan fingerprint density at radius 2 is 2.19 bits per heavy atom. The van der Waals surface area contributed by atoms with Crippen LogP contribution in [0.1, 0.15) is 42.1 Å². The Balaban J connectivity index is 1.55. The van der Waals surface area contributed by atoms with Crippen molar-refractivity contribution in [3.8, 4) is 11.6 Å². The fourth-order valence-corrected chi connectivity index (χ4v) is 4.59. The molecule has 1 fully saturated rings. The number of ether oxygens (including phenoxy) is 2. The van der Waals surface area contributed by atoms with Crippen molar-refractivity contribution < 1.29 is 18.7 Å². The van der Waals surface area contributed by atoms with E-state index < -0.39 is 5.82 Å². The van der Waals surface area contributed by atoms with E-state index in [0.29, 0.717) is 47.4 Å². The number of anilines is 1. The van der Waals surface area contributed by atoms with E-state index in [-0.39, 0.29) is 24.1 Å². The number of carbonyl (C=O) groups excluding carboxylic acids is 1. The smallest absolute Gasteiger partial charge is 0.257 e. The van der Waals surface area contributed by atoms with E-state index in [1.165, 1.54) is 12.3 Å². The summed E-state index contributed by atoms with van der Waals surface area (Å²) in [5.74, 6) is 0.849. The Bertz CT molecular complexity index is 1200. The van der Waals surface area contributed by atoms with Gasteiger partial charge in [0.2, 0.25) is 5.88 Å². The SMILES string of the molecule is C[C@@H]1COc2cn3ncc4c3nc2N1Cc1cc(F)cnc1O[C@H]1CCC[C@H]1NC4=O. The van der Waals surface area contributed by atoms with Gasteiger partial charge in [-0.2, -0.15) is 5.10 Å². The van der Waals surface area contributed by atoms with Crippen LogP contribution < -0.4 is 19.7 Å². The maximum absolute atomic E-state index is 14.1. The van der Waals surface area contributed by atoms with E-state index in [2.05, 4.69) is 15.4 Å². The number of rotatable bonds is 0. The molecule has 6 rings (SSSR count). The van der Waals surface area contributed by atoms with Crippen LogP contribution in [-0.2, 0) is 6.54 Å². The van der Waals surface area contributed by atoms with Gasteiger partial charge in [-0.15, -0.1) is 0 Å². The zero-order chi connectivity index (χ0) is 21.1. The van der Waals surface area contributed by atoms with Crippen molar-refractivity contribution in [3.05, 3.63) is 41.6 Å². The van der Waals surface area contributed by atoms with Gasteiger partial charge in [-0.05, 0) is 32.3 Å². The minimum Gasteiger partial charge on any atom is -0.486 e. The number of fused-ring (bicyclic) bond motifs is 2. The van der Waals surface area contributed by atoms with Gasteiger partial charge in [0.25, 0.3) is 5.91 Å². The van der Waals surface area contributed by atoms with Crippen molar-refractivity contribution >= 4 is 17.4 Å². The molecule has 1 amide bonds. The van der Waals surface area contributed by atoms with Gasteiger partial charge in [-0.3, -0.25) is 4.79 Å². The summed E-state index contributed by atoms with van der Waals surface area (Å²) in [7, 11) is 0. The molecule has 1 aliphatic carbocycles. The highest BCUT2D eigenvalue weighted by Crippen LogP contribution is 2.36. The number of halogens is 1. The highest BCUT2D eigenvalue weighted by molar-refractivity contribution is 6.00. The number of pyridine rings is 1. The molecule has 160 valence electrons. The van der Waals surface area contributed by atoms with Crippen molar-refractivity contribution in [2.75, 3.05) is 11.5 Å². The number of carbonyl (C=O) groups is 1. The van der Waals surface area contributed by atoms with E-state index in [1.807, 2.05) is 11.8 Å². The molecule has 0 radical (unpaired) electrons. The third kappa shape index (κ3) is 2.96. The van der Waals surface area contributed by atoms with Crippen molar-refractivity contribution in [1.29, 1.82) is 0 Å². The number of hydrogen-bond acceptors (Lipinski definition) is 7. The van der Waals surface area contributed by atoms with Crippen LogP contribution in [0.5, 0.6) is 11.6 Å². The molecule has 0 aromatic carbocycles. The molecule has 10 heteroatoms. The van der Waals surface area contributed by atoms with E-state index in [4.69, 9.17) is 14.5 Å². The van der Waals surface area contributed by atoms with Crippen LogP contribution in [0.3, 0.4) is 0 Å². The van der Waals surface area contributed by atoms with Crippen LogP contribution in [-0.4, -0.2) is 50.3 Å². The highest BCUT2D eigenvalue weighted by Gasteiger charge is 2.34. The minimum absolute atomic E-state index is 0.0249. The second-order valence-corrected chi connectivity index (χ2v) is 8.33. The zero-order valence-electron chi connectivity index (χ0n) is 16.9. The van der Waals surface area contributed by atoms with Crippen molar-refractivity contribution in [1.82, 2.24) is 24.9 Å². The summed E-state index contributed by atoms with van der Waals surface area (Å²) in [6, 6.07) is 1.26. The van der Waals surface area contributed by atoms with Crippen molar-refractivity contribution in [2.24, 2.45) is 0 Å². The quantitative estimate of drug-likeness (QED) is 0.591. The fraction of sp³-hybridized carbons (Fsp3) is 0.429. The van der Waals surface area contributed by atoms with Gasteiger partial charge in [0, 0.05) is 5.56 Å². The van der Waals surface area contributed by atoms with Crippen LogP contribution in [0.15, 0.2) is 24.7 Å². The molecule has 1 N–H and O–H groups in total. The van der Waals surface area contributed by atoms with Gasteiger partial charge < -0.3 is 19.7 Å². The van der Waals surface area contributed by atoms with Crippen molar-refractivity contribution in [2.45, 2.75) is 50.9 Å². The Morgan fingerprint density at radius 1 is 1.29 bits per heavy atom. The largest absolute Gasteiger partial charge is 0.486 e. The van der Waals surface area contributed by atoms with Crippen molar-refractivity contribution in [3.63, 3.8) is 0 Å². The van der Waals surface area contributed by atoms with Gasteiger partial charge in [0.1, 0.15) is 24.1 Å². The first kappa shape index (κ1) is 18.3. The molecule has 9 nitrogen and oxygen atoms in total. The number of hydrogen-bond donors (Lipinski definition) is 1. The van der Waals surface area contributed by atoms with E-state index in [9.17, 15) is 9.18 Å². The maximum atomic E-state index is 14.1. The van der Waals surface area contributed by atoms with Crippen LogP contribution in [0.25, 0.3) is 5.65 Å². The minimum atomic E-state index is -0.425. The molecule has 0 saturated heterocycles. The standard InChI is InChI=1S/C21H21FN6O3/c1-11-10-30-17-9-28-18-14(7-24-28)20(29)25-15-3-2-4-16(15)31-21-12(5-13(22)6-23-21)8-27(11)19(17)26-18/h5-7,9,11,15-16H,2-4,8,10H2,1H3,(H,25,29)/t11-,15-,16+/m1/s1. The number of aromatic nitrogens is 4. The van der Waals surface area contributed by atoms with Crippen LogP contribution >= 0.6 is 0 Å². The second-order valence-electron chi connectivity index (χ2n) is 8.33. The van der Waals surface area contributed by atoms with Gasteiger partial charge in [0.05, 0.1) is 37.2 Å². The first-order chi connectivity index (χ1) is 15.1. The van der Waals surface area contributed by atoms with E-state index >= 15 is 0 Å². The third-order valence-electron chi connectivity index (χ3n) is 6.23. The monoisotopic (exact) mass is 424 g/mol. The van der Waals surface area contributed by atoms with E-state index in [0.717, 1.165) is 25.5 Å². The molecule has 3 aromatic rings. The average molecular weight is 424 g/mol. The number of nitrogens with one attached hydrogen (secondary N) is 1. The molecule has 0 unspecified atom stereocenters. The molecular formula is C21H21FN6O3. The van der Waals surface area contributed by atoms with E-state index in [1.54, 1.807) is 10.7 Å². The molecule has 3 atom stereocenters. The molecule has 0 spiro atoms. The Hall–Kier alpha value is -3.43. The molecule has 3 aliphatic rings. The Labute approximate surface area is 177 Å². The predicted molar refractivity (Wildman–Crippen MR) is 108 cm³/mol. The fourth-order valence-electron chi connectivity index (χ4n) is 4.59. The molecule has 2 bridgehead atoms. The summed E-state index contributed by atoms with van der Waals surface area (Å²) >= 11 is 0. The number of amides is 1. The molecule has 5 heterocycles. The molecule has 2 aliphatic heterocycles. The lowest BCUT2D eigenvalue weighted by Gasteiger charge is -2.35. The van der Waals surface area contributed by atoms with Gasteiger partial charge >= 0.3 is 0 Å². The number of nitrogens with zero attached hydrogens (tertiary/aromatic N) is 5. The molecule has 3 aromatic heterocycles. The topological polar surface area (TPSA) is 93.9 Å². The average Bonchev–Trinajstić information content (AvgIpc) is 3.36. The highest BCUT2D eigenvalue weighted by atomic mass is 19.1. The molecule has 1 saturated carbocycles. The van der Waals surface area contributed by atoms with Crippen LogP contribution in [0.2, 0.25) is 0 Å². The lowest BCUT2D eigenvalue weighted by atomic mass is 10.1. The van der Waals surface area contributed by atoms with Crippen LogP contribution in [0.4, 0.5) is 10.2 Å². The van der Waals surface area contributed by atoms with Gasteiger partial charge in [-0.1, -0.05) is 0 Å². The normalized spacial score (nSPS) is 24.9. The van der Waals surface area contributed by atoms with Gasteiger partial charge in [-0.25, -0.2) is 18.9 Å². The van der Waals surface area contributed by atoms with Gasteiger partial charge in [0.15, 0.2) is 17.2 Å². The second kappa shape index (κ2) is 6.79. The molecule has 31 heavy (non-hydrogen) atoms. The summed E-state index contributed by atoms with van der Waals surface area (Å²) in [5.41, 5.74) is 1.48. The first-order valence-corrected chi connectivity index (χ1v) is 10.5. The summed E-state index contributed by atoms with van der Waals surface area (Å²) in [6.45, 7) is 2.80. The predicted octanol–water partition coefficient (Wildman–Crippen LogP) is 2.09. The lowest BCUT2D eigenvalue weighted by Crippen LogP contribution is -2.42. The zero-order valence-corrected chi connectivity index (χ0v) is 16.9. The summed E-state index contributed by atoms with van der Waals surface area (Å²) in [4.78, 5) is 24.1. The third-order valence-corrected chi connectivity index (χ3v) is 6.23. The Kier molecular flexibility index (Phi) is 4.02.